The molecular formula is C13H7BrCl2F2N2O. The summed E-state index contributed by atoms with van der Waals surface area (Å²) in [6, 6.07) is 4.75. The molecule has 0 saturated heterocycles. The lowest BCUT2D eigenvalue weighted by Gasteiger charge is -2.10. The summed E-state index contributed by atoms with van der Waals surface area (Å²) in [4.78, 5) is 12.0. The molecule has 0 atom stereocenters. The highest BCUT2D eigenvalue weighted by Gasteiger charge is 2.16. The van der Waals surface area contributed by atoms with Crippen molar-refractivity contribution in [3.05, 3.63) is 56.0 Å². The second-order valence-electron chi connectivity index (χ2n) is 4.03. The van der Waals surface area contributed by atoms with Crippen LogP contribution in [0.2, 0.25) is 10.0 Å². The molecule has 110 valence electrons. The van der Waals surface area contributed by atoms with E-state index in [2.05, 4.69) is 21.2 Å². The summed E-state index contributed by atoms with van der Waals surface area (Å²) in [7, 11) is 0. The Bertz CT molecular complexity index is 717. The minimum absolute atomic E-state index is 0.107. The van der Waals surface area contributed by atoms with Gasteiger partial charge in [0, 0.05) is 10.0 Å². The Labute approximate surface area is 137 Å². The lowest BCUT2D eigenvalue weighted by molar-refractivity contribution is 0.102. The number of nitrogen functional groups attached to an aromatic ring is 1. The molecule has 2 rings (SSSR count). The van der Waals surface area contributed by atoms with Crippen LogP contribution in [-0.4, -0.2) is 5.91 Å². The minimum Gasteiger partial charge on any atom is -0.394 e. The normalized spacial score (nSPS) is 10.5. The monoisotopic (exact) mass is 394 g/mol. The molecule has 0 heterocycles. The number of anilines is 2. The third-order valence-corrected chi connectivity index (χ3v) is 4.40. The van der Waals surface area contributed by atoms with Gasteiger partial charge >= 0.3 is 0 Å². The highest BCUT2D eigenvalue weighted by atomic mass is 79.9. The molecule has 0 fully saturated rings. The van der Waals surface area contributed by atoms with Crippen molar-refractivity contribution in [3.8, 4) is 0 Å². The van der Waals surface area contributed by atoms with E-state index in [9.17, 15) is 13.6 Å². The maximum absolute atomic E-state index is 13.3. The highest BCUT2D eigenvalue weighted by molar-refractivity contribution is 9.10. The van der Waals surface area contributed by atoms with Crippen LogP contribution in [0.1, 0.15) is 10.4 Å². The van der Waals surface area contributed by atoms with E-state index in [1.165, 1.54) is 6.07 Å². The van der Waals surface area contributed by atoms with Gasteiger partial charge in [-0.2, -0.15) is 0 Å². The van der Waals surface area contributed by atoms with Crippen molar-refractivity contribution in [1.82, 2.24) is 0 Å². The Hall–Kier alpha value is -1.37. The van der Waals surface area contributed by atoms with Gasteiger partial charge in [-0.25, -0.2) is 8.78 Å². The van der Waals surface area contributed by atoms with Crippen molar-refractivity contribution in [2.24, 2.45) is 0 Å². The second kappa shape index (κ2) is 6.17. The summed E-state index contributed by atoms with van der Waals surface area (Å²) >= 11 is 15.1. The average Bonchev–Trinajstić information content (AvgIpc) is 2.44. The highest BCUT2D eigenvalue weighted by Crippen LogP contribution is 2.36. The van der Waals surface area contributed by atoms with Crippen LogP contribution in [0.25, 0.3) is 0 Å². The molecule has 0 aliphatic carbocycles. The second-order valence-corrected chi connectivity index (χ2v) is 5.64. The summed E-state index contributed by atoms with van der Waals surface area (Å²) in [5.74, 6) is -2.77. The van der Waals surface area contributed by atoms with Crippen LogP contribution in [0.5, 0.6) is 0 Å². The zero-order chi connectivity index (χ0) is 15.7. The number of carbonyl (C=O) groups excluding carboxylic acids is 1. The van der Waals surface area contributed by atoms with E-state index in [1.54, 1.807) is 6.07 Å². The van der Waals surface area contributed by atoms with E-state index in [0.29, 0.717) is 4.47 Å². The number of amides is 1. The maximum Gasteiger partial charge on any atom is 0.255 e. The first-order chi connectivity index (χ1) is 9.81. The van der Waals surface area contributed by atoms with Gasteiger partial charge in [0.25, 0.3) is 5.91 Å². The van der Waals surface area contributed by atoms with Gasteiger partial charge in [-0.1, -0.05) is 23.2 Å². The van der Waals surface area contributed by atoms with Crippen LogP contribution in [0.4, 0.5) is 20.2 Å². The van der Waals surface area contributed by atoms with Crippen molar-refractivity contribution in [3.63, 3.8) is 0 Å². The molecule has 0 aliphatic rings. The van der Waals surface area contributed by atoms with Crippen LogP contribution in [-0.2, 0) is 0 Å². The molecule has 21 heavy (non-hydrogen) atoms. The molecular weight excluding hydrogens is 389 g/mol. The summed E-state index contributed by atoms with van der Waals surface area (Å²) in [5, 5.41) is 2.74. The number of nitrogens with one attached hydrogen (secondary N) is 1. The molecule has 0 bridgehead atoms. The van der Waals surface area contributed by atoms with E-state index in [4.69, 9.17) is 28.9 Å². The molecule has 0 saturated carbocycles. The molecule has 2 aromatic rings. The third kappa shape index (κ3) is 3.28. The van der Waals surface area contributed by atoms with Gasteiger partial charge < -0.3 is 11.1 Å². The lowest BCUT2D eigenvalue weighted by Crippen LogP contribution is -2.13. The molecule has 0 aromatic heterocycles. The number of benzene rings is 2. The van der Waals surface area contributed by atoms with Crippen LogP contribution < -0.4 is 11.1 Å². The van der Waals surface area contributed by atoms with Gasteiger partial charge in [0.1, 0.15) is 17.3 Å². The fourth-order valence-electron chi connectivity index (χ4n) is 1.53. The molecule has 0 unspecified atom stereocenters. The minimum atomic E-state index is -1.01. The number of halogens is 5. The summed E-state index contributed by atoms with van der Waals surface area (Å²) in [6.45, 7) is 0. The molecule has 0 radical (unpaired) electrons. The maximum atomic E-state index is 13.3. The van der Waals surface area contributed by atoms with E-state index < -0.39 is 23.2 Å². The summed E-state index contributed by atoms with van der Waals surface area (Å²) < 4.78 is 27.2. The predicted octanol–water partition coefficient (Wildman–Crippen LogP) is 4.87. The lowest BCUT2D eigenvalue weighted by atomic mass is 10.1. The fourth-order valence-corrected chi connectivity index (χ4v) is 2.35. The Kier molecular flexibility index (Phi) is 4.70. The van der Waals surface area contributed by atoms with Crippen LogP contribution in [0.15, 0.2) is 28.7 Å². The molecule has 2 aromatic carbocycles. The van der Waals surface area contributed by atoms with Gasteiger partial charge in [-0.15, -0.1) is 0 Å². The van der Waals surface area contributed by atoms with Crippen molar-refractivity contribution in [1.29, 1.82) is 0 Å². The summed E-state index contributed by atoms with van der Waals surface area (Å²) in [5.41, 5.74) is 4.48. The fraction of sp³-hybridized carbons (Fsp3) is 0. The molecule has 3 nitrogen and oxygen atoms in total. The topological polar surface area (TPSA) is 55.1 Å². The van der Waals surface area contributed by atoms with Crippen LogP contribution >= 0.6 is 39.1 Å². The van der Waals surface area contributed by atoms with Gasteiger partial charge in [-0.05, 0) is 40.2 Å². The number of hydrogen-bond acceptors (Lipinski definition) is 2. The van der Waals surface area contributed by atoms with E-state index in [0.717, 1.165) is 12.1 Å². The number of carbonyl (C=O) groups is 1. The van der Waals surface area contributed by atoms with Crippen molar-refractivity contribution < 1.29 is 13.6 Å². The van der Waals surface area contributed by atoms with Crippen molar-refractivity contribution in [2.75, 3.05) is 11.1 Å². The van der Waals surface area contributed by atoms with E-state index in [1.807, 2.05) is 0 Å². The zero-order valence-corrected chi connectivity index (χ0v) is 13.3. The Morgan fingerprint density at radius 2 is 1.71 bits per heavy atom. The van der Waals surface area contributed by atoms with Crippen molar-refractivity contribution >= 4 is 56.4 Å². The standard InChI is InChI=1S/C13H7BrCl2F2N2O/c14-6-1-2-9(11(16)10(6)15)20-13(21)5-3-7(17)12(19)8(18)4-5/h1-4H,19H2,(H,20,21). The number of rotatable bonds is 2. The Morgan fingerprint density at radius 1 is 1.14 bits per heavy atom. The van der Waals surface area contributed by atoms with E-state index >= 15 is 0 Å². The predicted molar refractivity (Wildman–Crippen MR) is 82.9 cm³/mol. The molecule has 0 spiro atoms. The van der Waals surface area contributed by atoms with Gasteiger partial charge in [0.2, 0.25) is 0 Å². The Morgan fingerprint density at radius 3 is 2.29 bits per heavy atom. The first kappa shape index (κ1) is 16.0. The Balaban J connectivity index is 2.33. The first-order valence-corrected chi connectivity index (χ1v) is 7.05. The molecule has 8 heteroatoms. The average molecular weight is 396 g/mol. The van der Waals surface area contributed by atoms with E-state index in [-0.39, 0.29) is 21.3 Å². The first-order valence-electron chi connectivity index (χ1n) is 5.50. The zero-order valence-electron chi connectivity index (χ0n) is 10.2. The van der Waals surface area contributed by atoms with Crippen LogP contribution in [0.3, 0.4) is 0 Å². The quantitative estimate of drug-likeness (QED) is 0.563. The number of hydrogen-bond donors (Lipinski definition) is 2. The largest absolute Gasteiger partial charge is 0.394 e. The molecule has 0 aliphatic heterocycles. The number of nitrogens with two attached hydrogens (primary N) is 1. The smallest absolute Gasteiger partial charge is 0.255 e. The molecule has 3 N–H and O–H groups in total. The SMILES string of the molecule is Nc1c(F)cc(C(=O)Nc2ccc(Br)c(Cl)c2Cl)cc1F. The van der Waals surface area contributed by atoms with Crippen LogP contribution in [0, 0.1) is 11.6 Å². The van der Waals surface area contributed by atoms with Crippen molar-refractivity contribution in [2.45, 2.75) is 0 Å². The van der Waals surface area contributed by atoms with Gasteiger partial charge in [0.05, 0.1) is 15.7 Å². The summed E-state index contributed by atoms with van der Waals surface area (Å²) in [6.07, 6.45) is 0. The van der Waals surface area contributed by atoms with Gasteiger partial charge in [-0.3, -0.25) is 4.79 Å². The van der Waals surface area contributed by atoms with Gasteiger partial charge in [0.15, 0.2) is 0 Å². The third-order valence-electron chi connectivity index (χ3n) is 2.62. The molecule has 1 amide bonds.